The van der Waals surface area contributed by atoms with Gasteiger partial charge in [-0.15, -0.1) is 11.3 Å². The fourth-order valence-corrected chi connectivity index (χ4v) is 4.59. The number of hydrogen-bond acceptors (Lipinski definition) is 6. The van der Waals surface area contributed by atoms with Crippen LogP contribution >= 0.6 is 11.3 Å². The first-order chi connectivity index (χ1) is 13.2. The number of carbonyl (C=O) groups excluding carboxylic acids is 2. The molecule has 28 heavy (non-hydrogen) atoms. The summed E-state index contributed by atoms with van der Waals surface area (Å²) in [6.45, 7) is 5.54. The smallest absolute Gasteiger partial charge is 0.341 e. The third-order valence-corrected chi connectivity index (χ3v) is 6.27. The van der Waals surface area contributed by atoms with E-state index in [4.69, 9.17) is 9.84 Å². The molecule has 1 amide bonds. The van der Waals surface area contributed by atoms with Crippen LogP contribution in [0.2, 0.25) is 0 Å². The molecule has 0 saturated carbocycles. The summed E-state index contributed by atoms with van der Waals surface area (Å²) in [6, 6.07) is 6.11. The number of carboxylic acid groups (broad SMARTS) is 1. The van der Waals surface area contributed by atoms with Crippen LogP contribution in [0, 0.1) is 13.8 Å². The van der Waals surface area contributed by atoms with Crippen molar-refractivity contribution in [3.05, 3.63) is 51.4 Å². The highest BCUT2D eigenvalue weighted by Gasteiger charge is 2.22. The van der Waals surface area contributed by atoms with Crippen molar-refractivity contribution in [1.29, 1.82) is 0 Å². The molecule has 2 N–H and O–H groups in total. The Morgan fingerprint density at radius 1 is 1.25 bits per heavy atom. The van der Waals surface area contributed by atoms with Crippen LogP contribution in [-0.2, 0) is 26.1 Å². The van der Waals surface area contributed by atoms with E-state index < -0.39 is 28.6 Å². The number of ether oxygens (including phenoxy) is 1. The third kappa shape index (κ3) is 5.49. The molecule has 1 aromatic carbocycles. The molecule has 2 rings (SSSR count). The molecular weight excluding hydrogens is 402 g/mol. The number of benzene rings is 1. The molecule has 0 fully saturated rings. The van der Waals surface area contributed by atoms with E-state index in [0.29, 0.717) is 16.1 Å². The highest BCUT2D eigenvalue weighted by atomic mass is 32.2. The number of nitrogens with one attached hydrogen (secondary N) is 1. The van der Waals surface area contributed by atoms with Gasteiger partial charge in [-0.05, 0) is 44.0 Å². The molecule has 0 radical (unpaired) electrons. The number of thiophene rings is 1. The number of amides is 1. The molecule has 2 aromatic rings. The standard InChI is InChI=1S/C19H21NO6S2/c1-4-26-19(24)16-11(2)12(3)27-17(16)20-15(21)10-28(25)9-13-6-5-7-14(8-13)18(22)23/h5-8H,4,9-10H2,1-3H3,(H,20,21)(H,22,23). The molecule has 0 aliphatic carbocycles. The van der Waals surface area contributed by atoms with E-state index in [1.165, 1.54) is 23.5 Å². The predicted molar refractivity (Wildman–Crippen MR) is 108 cm³/mol. The van der Waals surface area contributed by atoms with Crippen molar-refractivity contribution in [2.24, 2.45) is 0 Å². The minimum absolute atomic E-state index is 0.0573. The van der Waals surface area contributed by atoms with Crippen molar-refractivity contribution in [2.75, 3.05) is 17.7 Å². The second-order valence-corrected chi connectivity index (χ2v) is 8.67. The second-order valence-electron chi connectivity index (χ2n) is 5.99. The van der Waals surface area contributed by atoms with Gasteiger partial charge < -0.3 is 15.2 Å². The monoisotopic (exact) mass is 423 g/mol. The Hall–Kier alpha value is -2.52. The number of aromatic carboxylic acids is 1. The summed E-state index contributed by atoms with van der Waals surface area (Å²) in [5.74, 6) is -2.27. The average Bonchev–Trinajstić information content (AvgIpc) is 2.88. The van der Waals surface area contributed by atoms with Crippen LogP contribution in [0.25, 0.3) is 0 Å². The van der Waals surface area contributed by atoms with Gasteiger partial charge in [0.15, 0.2) is 0 Å². The fourth-order valence-electron chi connectivity index (χ4n) is 2.50. The number of hydrogen-bond donors (Lipinski definition) is 2. The molecule has 1 heterocycles. The van der Waals surface area contributed by atoms with Gasteiger partial charge in [0.05, 0.1) is 17.7 Å². The van der Waals surface area contributed by atoms with Crippen molar-refractivity contribution in [3.63, 3.8) is 0 Å². The van der Waals surface area contributed by atoms with Gasteiger partial charge in [-0.25, -0.2) is 9.59 Å². The summed E-state index contributed by atoms with van der Waals surface area (Å²) in [5.41, 5.74) is 1.73. The summed E-state index contributed by atoms with van der Waals surface area (Å²) in [6.07, 6.45) is 0. The lowest BCUT2D eigenvalue weighted by Gasteiger charge is -2.07. The van der Waals surface area contributed by atoms with Gasteiger partial charge in [-0.1, -0.05) is 12.1 Å². The first kappa shape index (κ1) is 21.8. The number of esters is 1. The molecule has 1 aromatic heterocycles. The number of rotatable bonds is 8. The zero-order valence-corrected chi connectivity index (χ0v) is 17.4. The number of aryl methyl sites for hydroxylation is 1. The summed E-state index contributed by atoms with van der Waals surface area (Å²) in [4.78, 5) is 36.3. The van der Waals surface area contributed by atoms with Gasteiger partial charge in [0.1, 0.15) is 10.8 Å². The number of carbonyl (C=O) groups is 3. The second kappa shape index (κ2) is 9.61. The van der Waals surface area contributed by atoms with Gasteiger partial charge in [0.2, 0.25) is 5.91 Å². The van der Waals surface area contributed by atoms with E-state index in [1.807, 2.05) is 6.92 Å². The van der Waals surface area contributed by atoms with E-state index in [2.05, 4.69) is 5.32 Å². The Morgan fingerprint density at radius 3 is 2.61 bits per heavy atom. The minimum atomic E-state index is -1.53. The van der Waals surface area contributed by atoms with E-state index >= 15 is 0 Å². The predicted octanol–water partition coefficient (Wildman–Crippen LogP) is 3.13. The SMILES string of the molecule is CCOC(=O)c1c(NC(=O)CS(=O)Cc2cccc(C(=O)O)c2)sc(C)c1C. The molecule has 0 aliphatic heterocycles. The Labute approximate surface area is 169 Å². The topological polar surface area (TPSA) is 110 Å². The molecule has 0 saturated heterocycles. The molecule has 1 unspecified atom stereocenters. The van der Waals surface area contributed by atoms with Crippen molar-refractivity contribution in [1.82, 2.24) is 0 Å². The highest BCUT2D eigenvalue weighted by Crippen LogP contribution is 2.33. The Kier molecular flexibility index (Phi) is 7.47. The molecule has 9 heteroatoms. The van der Waals surface area contributed by atoms with E-state index in [-0.39, 0.29) is 23.7 Å². The molecule has 0 spiro atoms. The van der Waals surface area contributed by atoms with Crippen LogP contribution < -0.4 is 5.32 Å². The number of anilines is 1. The van der Waals surface area contributed by atoms with E-state index in [9.17, 15) is 18.6 Å². The van der Waals surface area contributed by atoms with Crippen LogP contribution in [-0.4, -0.2) is 39.5 Å². The quantitative estimate of drug-likeness (QED) is 0.631. The van der Waals surface area contributed by atoms with Crippen LogP contribution in [0.5, 0.6) is 0 Å². The van der Waals surface area contributed by atoms with Crippen molar-refractivity contribution >= 4 is 45.0 Å². The lowest BCUT2D eigenvalue weighted by molar-refractivity contribution is -0.113. The molecule has 0 aliphatic rings. The summed E-state index contributed by atoms with van der Waals surface area (Å²) in [7, 11) is -1.53. The Balaban J connectivity index is 2.05. The lowest BCUT2D eigenvalue weighted by Crippen LogP contribution is -2.21. The van der Waals surface area contributed by atoms with Crippen LogP contribution in [0.15, 0.2) is 24.3 Å². The normalized spacial score (nSPS) is 11.7. The van der Waals surface area contributed by atoms with Gasteiger partial charge in [0.25, 0.3) is 0 Å². The molecule has 150 valence electrons. The van der Waals surface area contributed by atoms with Crippen LogP contribution in [0.3, 0.4) is 0 Å². The molecule has 7 nitrogen and oxygen atoms in total. The Morgan fingerprint density at radius 2 is 1.96 bits per heavy atom. The minimum Gasteiger partial charge on any atom is -0.478 e. The summed E-state index contributed by atoms with van der Waals surface area (Å²) >= 11 is 1.26. The summed E-state index contributed by atoms with van der Waals surface area (Å²) in [5, 5.41) is 12.0. The first-order valence-corrected chi connectivity index (χ1v) is 10.8. The van der Waals surface area contributed by atoms with Gasteiger partial charge in [0, 0.05) is 21.4 Å². The van der Waals surface area contributed by atoms with Gasteiger partial charge in [-0.2, -0.15) is 0 Å². The fraction of sp³-hybridized carbons (Fsp3) is 0.316. The third-order valence-electron chi connectivity index (χ3n) is 3.91. The maximum atomic E-state index is 12.3. The van der Waals surface area contributed by atoms with Crippen LogP contribution in [0.1, 0.15) is 43.6 Å². The van der Waals surface area contributed by atoms with Crippen LogP contribution in [0.4, 0.5) is 5.00 Å². The molecular formula is C19H21NO6S2. The van der Waals surface area contributed by atoms with E-state index in [0.717, 1.165) is 10.4 Å². The van der Waals surface area contributed by atoms with Gasteiger partial charge in [-0.3, -0.25) is 9.00 Å². The van der Waals surface area contributed by atoms with Crippen molar-refractivity contribution in [2.45, 2.75) is 26.5 Å². The summed E-state index contributed by atoms with van der Waals surface area (Å²) < 4.78 is 17.3. The molecule has 0 bridgehead atoms. The lowest BCUT2D eigenvalue weighted by atomic mass is 10.1. The number of carboxylic acids is 1. The zero-order valence-electron chi connectivity index (χ0n) is 15.7. The Bertz CT molecular complexity index is 935. The zero-order chi connectivity index (χ0) is 20.8. The maximum absolute atomic E-state index is 12.3. The largest absolute Gasteiger partial charge is 0.478 e. The van der Waals surface area contributed by atoms with Gasteiger partial charge >= 0.3 is 11.9 Å². The van der Waals surface area contributed by atoms with E-state index in [1.54, 1.807) is 26.0 Å². The van der Waals surface area contributed by atoms with Crippen molar-refractivity contribution < 1.29 is 28.4 Å². The highest BCUT2D eigenvalue weighted by molar-refractivity contribution is 7.85. The van der Waals surface area contributed by atoms with Crippen molar-refractivity contribution in [3.8, 4) is 0 Å². The maximum Gasteiger partial charge on any atom is 0.341 e. The average molecular weight is 424 g/mol. The first-order valence-electron chi connectivity index (χ1n) is 8.47. The molecule has 1 atom stereocenters.